The SMILES string of the molecule is C=CCCC(=O)N[C@@H](C)[C@H](OC(=O)[C@H]1[C@@H]2O[C@@]3(CC2Br)[C@@H]1C(=O)N([C@@H](CO)CC(C)C)[C@@H]3C(=O)N(CC=C)c1ccc2ccccc2c1)c1ccccc1. The van der Waals surface area contributed by atoms with Gasteiger partial charge in [0, 0.05) is 23.5 Å². The molecule has 9 atom stereocenters. The molecule has 3 aliphatic heterocycles. The molecule has 11 heteroatoms. The second kappa shape index (κ2) is 16.6. The standard InChI is InChI=1S/C43H50BrN3O7/c1-6-8-18-34(49)45-27(5)37(29-15-10-9-11-16-29)53-42(52)35-36-40(50)47(32(25-48)22-26(3)4)39(43(36)24-33(44)38(35)54-43)41(51)46(21-7-2)31-20-19-28-14-12-13-17-30(28)23-31/h6-7,9-17,19-20,23,26-27,32-33,35-39,48H,1-2,8,18,21-22,24-25H2,3-5H3,(H,45,49)/t27-,32+,33?,35+,36-,37-,38+,39+,43-/m0/s1. The van der Waals surface area contributed by atoms with Crippen molar-refractivity contribution in [3.05, 3.63) is 104 Å². The Hall–Kier alpha value is -4.32. The highest BCUT2D eigenvalue weighted by Gasteiger charge is 2.77. The normalized spacial score (nSPS) is 25.9. The lowest BCUT2D eigenvalue weighted by Crippen LogP contribution is -2.59. The lowest BCUT2D eigenvalue weighted by Gasteiger charge is -2.39. The van der Waals surface area contributed by atoms with Crippen molar-refractivity contribution >= 4 is 56.1 Å². The third kappa shape index (κ3) is 7.38. The van der Waals surface area contributed by atoms with Crippen LogP contribution in [0.4, 0.5) is 5.69 Å². The Morgan fingerprint density at radius 3 is 2.43 bits per heavy atom. The van der Waals surface area contributed by atoms with Crippen LogP contribution in [0.3, 0.4) is 0 Å². The summed E-state index contributed by atoms with van der Waals surface area (Å²) >= 11 is 3.76. The van der Waals surface area contributed by atoms with Crippen LogP contribution in [0.1, 0.15) is 58.1 Å². The summed E-state index contributed by atoms with van der Waals surface area (Å²) in [6.45, 7) is 13.2. The highest BCUT2D eigenvalue weighted by molar-refractivity contribution is 9.09. The van der Waals surface area contributed by atoms with E-state index in [1.807, 2.05) is 86.6 Å². The number of rotatable bonds is 16. The largest absolute Gasteiger partial charge is 0.455 e. The summed E-state index contributed by atoms with van der Waals surface area (Å²) in [5.41, 5.74) is -0.0786. The number of aliphatic hydroxyl groups is 1. The van der Waals surface area contributed by atoms with Crippen LogP contribution in [0, 0.1) is 17.8 Å². The van der Waals surface area contributed by atoms with Crippen molar-refractivity contribution < 1.29 is 33.8 Å². The van der Waals surface area contributed by atoms with E-state index in [0.29, 0.717) is 30.5 Å². The van der Waals surface area contributed by atoms with Gasteiger partial charge in [0.1, 0.15) is 17.7 Å². The predicted molar refractivity (Wildman–Crippen MR) is 212 cm³/mol. The number of halogens is 1. The van der Waals surface area contributed by atoms with Crippen molar-refractivity contribution in [2.75, 3.05) is 18.1 Å². The van der Waals surface area contributed by atoms with E-state index in [0.717, 1.165) is 10.8 Å². The van der Waals surface area contributed by atoms with Crippen LogP contribution in [0.15, 0.2) is 98.1 Å². The molecule has 3 aliphatic rings. The minimum Gasteiger partial charge on any atom is -0.455 e. The van der Waals surface area contributed by atoms with Gasteiger partial charge in [0.15, 0.2) is 0 Å². The second-order valence-electron chi connectivity index (χ2n) is 15.1. The van der Waals surface area contributed by atoms with E-state index in [2.05, 4.69) is 34.4 Å². The van der Waals surface area contributed by atoms with E-state index in [1.54, 1.807) is 24.0 Å². The van der Waals surface area contributed by atoms with Gasteiger partial charge in [0.25, 0.3) is 5.91 Å². The first-order valence-corrected chi connectivity index (χ1v) is 19.7. The molecule has 3 aromatic carbocycles. The minimum atomic E-state index is -1.38. The van der Waals surface area contributed by atoms with Crippen molar-refractivity contribution in [1.82, 2.24) is 10.2 Å². The molecule has 3 heterocycles. The van der Waals surface area contributed by atoms with Crippen molar-refractivity contribution in [2.45, 2.75) is 87.2 Å². The van der Waals surface area contributed by atoms with Crippen LogP contribution in [-0.2, 0) is 28.7 Å². The number of carbonyl (C=O) groups excluding carboxylic acids is 4. The topological polar surface area (TPSA) is 125 Å². The molecule has 1 spiro atoms. The van der Waals surface area contributed by atoms with Gasteiger partial charge >= 0.3 is 5.97 Å². The first-order valence-electron chi connectivity index (χ1n) is 18.8. The molecule has 0 aromatic heterocycles. The lowest BCUT2D eigenvalue weighted by atomic mass is 9.70. The first kappa shape index (κ1) is 39.4. The van der Waals surface area contributed by atoms with Gasteiger partial charge < -0.3 is 29.7 Å². The minimum absolute atomic E-state index is 0.0881. The van der Waals surface area contributed by atoms with Crippen molar-refractivity contribution in [3.8, 4) is 0 Å². The number of nitrogens with zero attached hydrogens (tertiary/aromatic N) is 2. The zero-order valence-corrected chi connectivity index (χ0v) is 32.7. The number of esters is 1. The number of fused-ring (bicyclic) bond motifs is 2. The Kier molecular flexibility index (Phi) is 12.1. The van der Waals surface area contributed by atoms with E-state index in [-0.39, 0.29) is 42.1 Å². The van der Waals surface area contributed by atoms with Gasteiger partial charge in [0.05, 0.1) is 36.6 Å². The summed E-state index contributed by atoms with van der Waals surface area (Å²) in [6, 6.07) is 20.3. The Bertz CT molecular complexity index is 1890. The number of anilines is 1. The molecule has 3 aromatic rings. The van der Waals surface area contributed by atoms with E-state index < -0.39 is 59.6 Å². The number of benzene rings is 3. The Morgan fingerprint density at radius 1 is 1.06 bits per heavy atom. The maximum atomic E-state index is 15.2. The van der Waals surface area contributed by atoms with Crippen LogP contribution < -0.4 is 10.2 Å². The Balaban J connectivity index is 1.39. The quantitative estimate of drug-likeness (QED) is 0.0995. The third-order valence-corrected chi connectivity index (χ3v) is 11.8. The molecule has 286 valence electrons. The fourth-order valence-corrected chi connectivity index (χ4v) is 9.66. The predicted octanol–water partition coefficient (Wildman–Crippen LogP) is 6.27. The van der Waals surface area contributed by atoms with E-state index >= 15 is 4.79 Å². The van der Waals surface area contributed by atoms with E-state index in [9.17, 15) is 19.5 Å². The summed E-state index contributed by atoms with van der Waals surface area (Å²) in [5, 5.41) is 15.7. The summed E-state index contributed by atoms with van der Waals surface area (Å²) in [6.07, 6.45) is 3.14. The maximum Gasteiger partial charge on any atom is 0.313 e. The second-order valence-corrected chi connectivity index (χ2v) is 16.3. The van der Waals surface area contributed by atoms with Gasteiger partial charge in [-0.1, -0.05) is 103 Å². The van der Waals surface area contributed by atoms with Crippen molar-refractivity contribution in [2.24, 2.45) is 17.8 Å². The van der Waals surface area contributed by atoms with Gasteiger partial charge in [-0.3, -0.25) is 19.2 Å². The molecule has 0 radical (unpaired) electrons. The molecule has 2 bridgehead atoms. The fraction of sp³-hybridized carbons (Fsp3) is 0.442. The number of amides is 3. The number of aliphatic hydroxyl groups excluding tert-OH is 1. The maximum absolute atomic E-state index is 15.2. The number of carbonyl (C=O) groups is 4. The Morgan fingerprint density at radius 2 is 1.76 bits per heavy atom. The fourth-order valence-electron chi connectivity index (χ4n) is 8.71. The number of ether oxygens (including phenoxy) is 2. The zero-order chi connectivity index (χ0) is 38.7. The molecule has 54 heavy (non-hydrogen) atoms. The number of allylic oxidation sites excluding steroid dienone is 1. The molecule has 2 N–H and O–H groups in total. The van der Waals surface area contributed by atoms with Crippen LogP contribution in [0.2, 0.25) is 0 Å². The van der Waals surface area contributed by atoms with Crippen LogP contribution >= 0.6 is 15.9 Å². The number of likely N-dealkylation sites (tertiary alicyclic amines) is 1. The highest BCUT2D eigenvalue weighted by Crippen LogP contribution is 2.61. The summed E-state index contributed by atoms with van der Waals surface area (Å²) < 4.78 is 13.1. The molecule has 0 aliphatic carbocycles. The molecule has 3 amide bonds. The van der Waals surface area contributed by atoms with Gasteiger partial charge in [-0.2, -0.15) is 0 Å². The molecule has 6 rings (SSSR count). The molecule has 10 nitrogen and oxygen atoms in total. The molecule has 1 unspecified atom stereocenters. The summed E-state index contributed by atoms with van der Waals surface area (Å²) in [4.78, 5) is 60.3. The Labute approximate surface area is 325 Å². The van der Waals surface area contributed by atoms with Crippen LogP contribution in [0.5, 0.6) is 0 Å². The van der Waals surface area contributed by atoms with Gasteiger partial charge in [-0.05, 0) is 60.6 Å². The first-order chi connectivity index (χ1) is 25.9. The summed E-state index contributed by atoms with van der Waals surface area (Å²) in [5.74, 6) is -3.68. The highest BCUT2D eigenvalue weighted by atomic mass is 79.9. The number of nitrogens with one attached hydrogen (secondary N) is 1. The number of alkyl halides is 1. The average Bonchev–Trinajstić information content (AvgIpc) is 3.76. The van der Waals surface area contributed by atoms with Gasteiger partial charge in [0.2, 0.25) is 11.8 Å². The average molecular weight is 801 g/mol. The summed E-state index contributed by atoms with van der Waals surface area (Å²) in [7, 11) is 0. The zero-order valence-electron chi connectivity index (χ0n) is 31.1. The van der Waals surface area contributed by atoms with Crippen molar-refractivity contribution in [1.29, 1.82) is 0 Å². The van der Waals surface area contributed by atoms with Gasteiger partial charge in [-0.25, -0.2) is 0 Å². The monoisotopic (exact) mass is 799 g/mol. The van der Waals surface area contributed by atoms with E-state index in [4.69, 9.17) is 9.47 Å². The van der Waals surface area contributed by atoms with Gasteiger partial charge in [-0.15, -0.1) is 13.2 Å². The molecular formula is C43H50BrN3O7. The number of hydrogen-bond acceptors (Lipinski definition) is 7. The van der Waals surface area contributed by atoms with Crippen LogP contribution in [0.25, 0.3) is 10.8 Å². The molecule has 3 fully saturated rings. The lowest BCUT2D eigenvalue weighted by molar-refractivity contribution is -0.162. The third-order valence-electron chi connectivity index (χ3n) is 11.0. The smallest absolute Gasteiger partial charge is 0.313 e. The van der Waals surface area contributed by atoms with E-state index in [1.165, 1.54) is 4.90 Å². The number of hydrogen-bond donors (Lipinski definition) is 2. The van der Waals surface area contributed by atoms with Crippen molar-refractivity contribution in [3.63, 3.8) is 0 Å². The van der Waals surface area contributed by atoms with Crippen LogP contribution in [-0.4, -0.2) is 81.5 Å². The molecule has 0 saturated carbocycles. The molecule has 3 saturated heterocycles. The molecular weight excluding hydrogens is 750 g/mol.